The van der Waals surface area contributed by atoms with Gasteiger partial charge in [0.2, 0.25) is 0 Å². The van der Waals surface area contributed by atoms with Crippen molar-refractivity contribution < 1.29 is 32.6 Å². The van der Waals surface area contributed by atoms with Crippen LogP contribution in [-0.4, -0.2) is 83.9 Å². The highest BCUT2D eigenvalue weighted by atomic mass is 32.2. The molecule has 3 heterocycles. The first-order valence-corrected chi connectivity index (χ1v) is 26.7. The number of carbonyl (C=O) groups is 1. The predicted octanol–water partition coefficient (Wildman–Crippen LogP) is 9.10. The van der Waals surface area contributed by atoms with Crippen LogP contribution in [0, 0.1) is 5.92 Å². The Hall–Kier alpha value is -2.39. The van der Waals surface area contributed by atoms with Crippen LogP contribution >= 0.6 is 11.8 Å². The summed E-state index contributed by atoms with van der Waals surface area (Å²) < 4.78 is 40.4. The number of ketones is 1. The fourth-order valence-corrected chi connectivity index (χ4v) is 18.6. The van der Waals surface area contributed by atoms with Crippen molar-refractivity contribution in [3.63, 3.8) is 0 Å². The highest BCUT2D eigenvalue weighted by molar-refractivity contribution is 8.00. The van der Waals surface area contributed by atoms with Gasteiger partial charge in [-0.2, -0.15) is 11.8 Å². The number of fused-ring (bicyclic) bond motifs is 2. The van der Waals surface area contributed by atoms with Gasteiger partial charge in [0.1, 0.15) is 0 Å². The van der Waals surface area contributed by atoms with E-state index >= 15 is 0 Å². The van der Waals surface area contributed by atoms with Crippen LogP contribution in [0.25, 0.3) is 0 Å². The Balaban J connectivity index is 1.08. The monoisotopic (exact) mass is 830 g/mol. The topological polar surface area (TPSA) is 72.5 Å². The molecule has 0 spiro atoms. The molecule has 7 nitrogen and oxygen atoms in total. The molecule has 310 valence electrons. The number of hydrogen-bond donors (Lipinski definition) is 0. The maximum Gasteiger partial charge on any atom is 0.261 e. The number of allylic oxidation sites excluding steroid dienone is 1. The highest BCUT2D eigenvalue weighted by Gasteiger charge is 2.60. The first kappa shape index (κ1) is 44.2. The predicted molar refractivity (Wildman–Crippen MR) is 237 cm³/mol. The normalized spacial score (nSPS) is 25.7. The molecule has 0 unspecified atom stereocenters. The van der Waals surface area contributed by atoms with Crippen molar-refractivity contribution in [2.75, 3.05) is 26.1 Å². The Labute approximate surface area is 348 Å². The van der Waals surface area contributed by atoms with Crippen LogP contribution in [0.5, 0.6) is 0 Å². The summed E-state index contributed by atoms with van der Waals surface area (Å²) in [7, 11) is -2.83. The zero-order valence-corrected chi connectivity index (χ0v) is 38.1. The quantitative estimate of drug-likeness (QED) is 0.0826. The maximum absolute atomic E-state index is 13.6. The number of ether oxygens (including phenoxy) is 4. The molecular formula is C47H66O7SSi2. The second-order valence-electron chi connectivity index (χ2n) is 17.1. The molecule has 0 radical (unpaired) electrons. The molecule has 7 atom stereocenters. The molecular weight excluding hydrogens is 765 g/mol. The van der Waals surface area contributed by atoms with Gasteiger partial charge in [0.25, 0.3) is 8.32 Å². The zero-order valence-electron chi connectivity index (χ0n) is 35.3. The third kappa shape index (κ3) is 9.98. The molecule has 0 N–H and O–H groups in total. The Morgan fingerprint density at radius 2 is 1.51 bits per heavy atom. The van der Waals surface area contributed by atoms with Crippen molar-refractivity contribution in [3.8, 4) is 0 Å². The zero-order chi connectivity index (χ0) is 40.5. The van der Waals surface area contributed by atoms with Crippen LogP contribution in [0.1, 0.15) is 72.8 Å². The minimum Gasteiger partial charge on any atom is -0.411 e. The first-order chi connectivity index (χ1) is 27.5. The Morgan fingerprint density at radius 3 is 2.09 bits per heavy atom. The fourth-order valence-electron chi connectivity index (χ4n) is 9.40. The minimum atomic E-state index is -2.70. The number of methoxy groups -OCH3 is 1. The number of thioether (sulfide) groups is 1. The van der Waals surface area contributed by atoms with E-state index in [2.05, 4.69) is 114 Å². The van der Waals surface area contributed by atoms with Crippen LogP contribution < -0.4 is 10.4 Å². The molecule has 3 aromatic rings. The molecule has 0 bridgehead atoms. The SMILES string of the molecule is CC[Si](CC)(CC)O[C@H](C/C=C\C(=O)C[C@H]1SC[C@@H]2C[C@H]3O[C@@H](CO[Si](c4ccccc4)(c4ccccc4)C(C)(C)C)C[C@H]3O[C@@]21OC)COCc1ccccc1. The summed E-state index contributed by atoms with van der Waals surface area (Å²) in [5.74, 6) is 0.278. The van der Waals surface area contributed by atoms with Crippen molar-refractivity contribution >= 4 is 44.6 Å². The molecule has 3 fully saturated rings. The van der Waals surface area contributed by atoms with E-state index < -0.39 is 22.4 Å². The largest absolute Gasteiger partial charge is 0.411 e. The van der Waals surface area contributed by atoms with Crippen molar-refractivity contribution in [2.45, 2.75) is 132 Å². The Bertz CT molecular complexity index is 1670. The standard InChI is InChI=1S/C47H66O7SSi2/c1-8-56(9-2,10-3)54-39(33-50-32-36-21-14-11-15-22-36)24-20-23-38(48)30-45-47(49-7)37(35-55-45)29-43-44(53-47)31-40(52-43)34-51-57(46(4,5)6,41-25-16-12-17-26-41)42-27-18-13-19-28-42/h11-23,25-28,37,39-40,43-45H,8-10,24,29-35H2,1-7H3/b23-20-/t37-,39+,40+,43+,44+,45+,47-/m0/s1. The van der Waals surface area contributed by atoms with E-state index in [0.717, 1.165) is 42.3 Å². The van der Waals surface area contributed by atoms with Crippen LogP contribution in [0.2, 0.25) is 23.2 Å². The van der Waals surface area contributed by atoms with Gasteiger partial charge in [-0.15, -0.1) is 0 Å². The van der Waals surface area contributed by atoms with E-state index in [4.69, 9.17) is 27.8 Å². The first-order valence-electron chi connectivity index (χ1n) is 21.2. The second kappa shape index (κ2) is 19.8. The summed E-state index contributed by atoms with van der Waals surface area (Å²) in [5, 5.41) is 2.31. The molecule has 6 rings (SSSR count). The smallest absolute Gasteiger partial charge is 0.261 e. The lowest BCUT2D eigenvalue weighted by Crippen LogP contribution is -2.67. The summed E-state index contributed by atoms with van der Waals surface area (Å²) in [6, 6.07) is 35.0. The van der Waals surface area contributed by atoms with Crippen molar-refractivity contribution in [1.82, 2.24) is 0 Å². The van der Waals surface area contributed by atoms with E-state index in [1.165, 1.54) is 10.4 Å². The molecule has 10 heteroatoms. The van der Waals surface area contributed by atoms with E-state index in [1.54, 1.807) is 24.9 Å². The minimum absolute atomic E-state index is 0.0212. The average molecular weight is 831 g/mol. The van der Waals surface area contributed by atoms with Gasteiger partial charge in [-0.1, -0.05) is 139 Å². The van der Waals surface area contributed by atoms with Gasteiger partial charge in [-0.3, -0.25) is 4.79 Å². The van der Waals surface area contributed by atoms with Crippen molar-refractivity contribution in [1.29, 1.82) is 0 Å². The molecule has 0 aliphatic carbocycles. The summed E-state index contributed by atoms with van der Waals surface area (Å²) in [4.78, 5) is 13.6. The number of rotatable bonds is 20. The van der Waals surface area contributed by atoms with Crippen molar-refractivity contribution in [2.24, 2.45) is 5.92 Å². The van der Waals surface area contributed by atoms with E-state index in [0.29, 0.717) is 32.7 Å². The van der Waals surface area contributed by atoms with Crippen LogP contribution in [0.4, 0.5) is 0 Å². The van der Waals surface area contributed by atoms with Gasteiger partial charge < -0.3 is 27.8 Å². The van der Waals surface area contributed by atoms with E-state index in [1.807, 2.05) is 24.3 Å². The van der Waals surface area contributed by atoms with Gasteiger partial charge in [0.05, 0.1) is 49.5 Å². The van der Waals surface area contributed by atoms with Crippen molar-refractivity contribution in [3.05, 3.63) is 109 Å². The molecule has 0 saturated carbocycles. The number of carbonyl (C=O) groups excluding carboxylic acids is 1. The molecule has 3 aliphatic heterocycles. The fraction of sp³-hybridized carbons (Fsp3) is 0.553. The second-order valence-corrected chi connectivity index (χ2v) is 27.4. The Kier molecular flexibility index (Phi) is 15.3. The summed E-state index contributed by atoms with van der Waals surface area (Å²) >= 11 is 1.80. The lowest BCUT2D eigenvalue weighted by molar-refractivity contribution is -0.298. The molecule has 3 aromatic carbocycles. The summed E-state index contributed by atoms with van der Waals surface area (Å²) in [6.45, 7) is 15.2. The third-order valence-electron chi connectivity index (χ3n) is 12.7. The van der Waals surface area contributed by atoms with Crippen LogP contribution in [-0.2, 0) is 39.2 Å². The number of benzene rings is 3. The molecule has 0 aromatic heterocycles. The lowest BCUT2D eigenvalue weighted by atomic mass is 9.85. The summed E-state index contributed by atoms with van der Waals surface area (Å²) in [5.41, 5.74) is 1.14. The lowest BCUT2D eigenvalue weighted by Gasteiger charge is -2.45. The Morgan fingerprint density at radius 1 is 0.895 bits per heavy atom. The van der Waals surface area contributed by atoms with Crippen LogP contribution in [0.15, 0.2) is 103 Å². The molecule has 57 heavy (non-hydrogen) atoms. The molecule has 0 amide bonds. The van der Waals surface area contributed by atoms with E-state index in [-0.39, 0.29) is 46.4 Å². The average Bonchev–Trinajstić information content (AvgIpc) is 3.79. The third-order valence-corrected chi connectivity index (χ3v) is 23.9. The molecule has 3 aliphatic rings. The molecule has 3 saturated heterocycles. The number of hydrogen-bond acceptors (Lipinski definition) is 8. The van der Waals surface area contributed by atoms with Crippen LogP contribution in [0.3, 0.4) is 0 Å². The van der Waals surface area contributed by atoms with E-state index in [9.17, 15) is 4.79 Å². The van der Waals surface area contributed by atoms with Gasteiger partial charge in [0, 0.05) is 31.6 Å². The highest BCUT2D eigenvalue weighted by Crippen LogP contribution is 2.53. The maximum atomic E-state index is 13.6. The van der Waals surface area contributed by atoms with Gasteiger partial charge in [0.15, 0.2) is 19.9 Å². The van der Waals surface area contributed by atoms with Gasteiger partial charge in [-0.05, 0) is 58.0 Å². The van der Waals surface area contributed by atoms with Gasteiger partial charge in [-0.25, -0.2) is 0 Å². The summed E-state index contributed by atoms with van der Waals surface area (Å²) in [6.07, 6.45) is 6.01. The van der Waals surface area contributed by atoms with Gasteiger partial charge >= 0.3 is 0 Å².